The van der Waals surface area contributed by atoms with Crippen molar-refractivity contribution in [1.82, 2.24) is 15.4 Å². The molecule has 0 saturated carbocycles. The Morgan fingerprint density at radius 3 is 2.74 bits per heavy atom. The van der Waals surface area contributed by atoms with E-state index in [0.29, 0.717) is 5.56 Å². The number of nitrogens with one attached hydrogen (secondary N) is 2. The molecule has 0 aromatic heterocycles. The van der Waals surface area contributed by atoms with E-state index in [1.54, 1.807) is 16.7 Å². The van der Waals surface area contributed by atoms with E-state index < -0.39 is 0 Å². The van der Waals surface area contributed by atoms with Crippen molar-refractivity contribution in [2.75, 3.05) is 0 Å². The maximum absolute atomic E-state index is 12.1. The normalized spacial score (nSPS) is 15.9. The summed E-state index contributed by atoms with van der Waals surface area (Å²) in [6.07, 6.45) is 1.91. The molecule has 5 heteroatoms. The van der Waals surface area contributed by atoms with Crippen LogP contribution in [0.15, 0.2) is 35.4 Å². The molecule has 1 aliphatic heterocycles. The van der Waals surface area contributed by atoms with Crippen LogP contribution >= 0.6 is 11.9 Å². The van der Waals surface area contributed by atoms with Gasteiger partial charge in [0.1, 0.15) is 0 Å². The number of nitrogens with zero attached hydrogens (tertiary/aromatic N) is 1. The third-order valence-corrected chi connectivity index (χ3v) is 3.94. The highest BCUT2D eigenvalue weighted by Crippen LogP contribution is 2.37. The molecule has 19 heavy (non-hydrogen) atoms. The summed E-state index contributed by atoms with van der Waals surface area (Å²) in [7, 11) is 0. The maximum Gasteiger partial charge on any atom is 0.267 e. The standard InChI is InChI=1S/C14H18N3OS/c1-10-6-5-7-11(8-10)13(18)16-17-15-9-12(19-17)14(2,3)4/h5-9,15H,1H2,2-4H3,(H,16,18). The van der Waals surface area contributed by atoms with Crippen molar-refractivity contribution in [2.24, 2.45) is 5.41 Å². The van der Waals surface area contributed by atoms with Gasteiger partial charge in [-0.05, 0) is 42.0 Å². The van der Waals surface area contributed by atoms with Gasteiger partial charge < -0.3 is 0 Å². The van der Waals surface area contributed by atoms with Gasteiger partial charge in [-0.3, -0.25) is 15.6 Å². The SMILES string of the molecule is [CH2]c1cccc(C(=O)NN2NC=C(C(C)(C)C)S2)c1. The first-order valence-electron chi connectivity index (χ1n) is 6.04. The van der Waals surface area contributed by atoms with Gasteiger partial charge in [0, 0.05) is 16.7 Å². The largest absolute Gasteiger partial charge is 0.298 e. The highest BCUT2D eigenvalue weighted by Gasteiger charge is 2.26. The maximum atomic E-state index is 12.1. The Morgan fingerprint density at radius 1 is 1.42 bits per heavy atom. The van der Waals surface area contributed by atoms with Gasteiger partial charge >= 0.3 is 0 Å². The number of carbonyl (C=O) groups is 1. The predicted octanol–water partition coefficient (Wildman–Crippen LogP) is 2.87. The molecule has 0 bridgehead atoms. The van der Waals surface area contributed by atoms with Crippen LogP contribution in [-0.4, -0.2) is 10.4 Å². The second kappa shape index (κ2) is 5.27. The van der Waals surface area contributed by atoms with Gasteiger partial charge in [-0.25, -0.2) is 0 Å². The van der Waals surface area contributed by atoms with E-state index in [4.69, 9.17) is 0 Å². The number of allylic oxidation sites excluding steroid dienone is 1. The number of rotatable bonds is 2. The molecule has 1 heterocycles. The fraction of sp³-hybridized carbons (Fsp3) is 0.286. The van der Waals surface area contributed by atoms with E-state index in [1.807, 2.05) is 18.3 Å². The van der Waals surface area contributed by atoms with Crippen LogP contribution < -0.4 is 10.9 Å². The Morgan fingerprint density at radius 2 is 2.16 bits per heavy atom. The number of hydrazine groups is 2. The van der Waals surface area contributed by atoms with Crippen molar-refractivity contribution >= 4 is 17.9 Å². The number of hydrogen-bond acceptors (Lipinski definition) is 4. The van der Waals surface area contributed by atoms with E-state index >= 15 is 0 Å². The number of amides is 1. The summed E-state index contributed by atoms with van der Waals surface area (Å²) in [5.41, 5.74) is 7.28. The van der Waals surface area contributed by atoms with Gasteiger partial charge in [0.05, 0.1) is 0 Å². The van der Waals surface area contributed by atoms with Crippen molar-refractivity contribution in [3.63, 3.8) is 0 Å². The molecule has 2 rings (SSSR count). The van der Waals surface area contributed by atoms with Gasteiger partial charge in [-0.1, -0.05) is 37.4 Å². The quantitative estimate of drug-likeness (QED) is 0.815. The molecular formula is C14H18N3OS. The molecule has 0 atom stereocenters. The van der Waals surface area contributed by atoms with Crippen LogP contribution in [0.25, 0.3) is 0 Å². The molecule has 0 aliphatic carbocycles. The molecule has 101 valence electrons. The van der Waals surface area contributed by atoms with Crippen molar-refractivity contribution in [1.29, 1.82) is 0 Å². The fourth-order valence-corrected chi connectivity index (χ4v) is 2.36. The molecule has 1 aliphatic rings. The molecule has 1 radical (unpaired) electrons. The topological polar surface area (TPSA) is 44.4 Å². The molecule has 4 nitrogen and oxygen atoms in total. The first-order chi connectivity index (χ1) is 8.86. The van der Waals surface area contributed by atoms with Crippen molar-refractivity contribution < 1.29 is 4.79 Å². The van der Waals surface area contributed by atoms with E-state index in [2.05, 4.69) is 38.5 Å². The van der Waals surface area contributed by atoms with E-state index in [-0.39, 0.29) is 11.3 Å². The summed E-state index contributed by atoms with van der Waals surface area (Å²) >= 11 is 1.48. The Hall–Kier alpha value is -1.46. The zero-order chi connectivity index (χ0) is 14.0. The van der Waals surface area contributed by atoms with Crippen LogP contribution in [-0.2, 0) is 0 Å². The van der Waals surface area contributed by atoms with Crippen molar-refractivity contribution in [3.8, 4) is 0 Å². The van der Waals surface area contributed by atoms with Crippen LogP contribution in [0.3, 0.4) is 0 Å². The Bertz CT molecular complexity index is 520. The second-order valence-corrected chi connectivity index (χ2v) is 6.40. The molecule has 0 spiro atoms. The molecule has 1 amide bonds. The highest BCUT2D eigenvalue weighted by atomic mass is 32.2. The van der Waals surface area contributed by atoms with Gasteiger partial charge in [-0.2, -0.15) is 0 Å². The minimum absolute atomic E-state index is 0.0599. The van der Waals surface area contributed by atoms with Crippen LogP contribution in [0, 0.1) is 12.3 Å². The Kier molecular flexibility index (Phi) is 3.87. The minimum Gasteiger partial charge on any atom is -0.298 e. The average Bonchev–Trinajstić information content (AvgIpc) is 2.77. The highest BCUT2D eigenvalue weighted by molar-refractivity contribution is 8.01. The third kappa shape index (κ3) is 3.52. The smallest absolute Gasteiger partial charge is 0.267 e. The second-order valence-electron chi connectivity index (χ2n) is 5.41. The summed E-state index contributed by atoms with van der Waals surface area (Å²) in [6.45, 7) is 10.2. The summed E-state index contributed by atoms with van der Waals surface area (Å²) in [4.78, 5) is 13.2. The lowest BCUT2D eigenvalue weighted by atomic mass is 9.97. The first kappa shape index (κ1) is 14.0. The lowest BCUT2D eigenvalue weighted by molar-refractivity contribution is 0.0871. The van der Waals surface area contributed by atoms with Crippen LogP contribution in [0.2, 0.25) is 0 Å². The molecule has 2 N–H and O–H groups in total. The lowest BCUT2D eigenvalue weighted by Gasteiger charge is -2.21. The van der Waals surface area contributed by atoms with Gasteiger partial charge in [0.2, 0.25) is 0 Å². The zero-order valence-electron chi connectivity index (χ0n) is 11.4. The lowest BCUT2D eigenvalue weighted by Crippen LogP contribution is -2.41. The van der Waals surface area contributed by atoms with Crippen LogP contribution in [0.5, 0.6) is 0 Å². The summed E-state index contributed by atoms with van der Waals surface area (Å²) in [5.74, 6) is -0.158. The fourth-order valence-electron chi connectivity index (χ4n) is 1.55. The Balaban J connectivity index is 1.96. The molecule has 1 aromatic rings. The summed E-state index contributed by atoms with van der Waals surface area (Å²) in [6, 6.07) is 7.20. The van der Waals surface area contributed by atoms with E-state index in [1.165, 1.54) is 16.9 Å². The molecule has 0 fully saturated rings. The predicted molar refractivity (Wildman–Crippen MR) is 78.5 cm³/mol. The first-order valence-corrected chi connectivity index (χ1v) is 6.81. The number of hydrogen-bond donors (Lipinski definition) is 2. The summed E-state index contributed by atoms with van der Waals surface area (Å²) in [5, 5.41) is 0. The zero-order valence-corrected chi connectivity index (χ0v) is 12.2. The molecule has 1 aromatic carbocycles. The van der Waals surface area contributed by atoms with Crippen molar-refractivity contribution in [3.05, 3.63) is 53.4 Å². The Labute approximate surface area is 118 Å². The number of benzene rings is 1. The summed E-state index contributed by atoms with van der Waals surface area (Å²) < 4.78 is 1.61. The minimum atomic E-state index is -0.158. The monoisotopic (exact) mass is 276 g/mol. The van der Waals surface area contributed by atoms with Crippen LogP contribution in [0.4, 0.5) is 0 Å². The van der Waals surface area contributed by atoms with Gasteiger partial charge in [0.25, 0.3) is 5.91 Å². The van der Waals surface area contributed by atoms with Crippen LogP contribution in [0.1, 0.15) is 36.7 Å². The average molecular weight is 276 g/mol. The van der Waals surface area contributed by atoms with Gasteiger partial charge in [-0.15, -0.1) is 0 Å². The van der Waals surface area contributed by atoms with Gasteiger partial charge in [0.15, 0.2) is 0 Å². The van der Waals surface area contributed by atoms with E-state index in [0.717, 1.165) is 5.56 Å². The van der Waals surface area contributed by atoms with E-state index in [9.17, 15) is 4.79 Å². The molecular weight excluding hydrogens is 258 g/mol. The third-order valence-electron chi connectivity index (χ3n) is 2.63. The van der Waals surface area contributed by atoms with Crippen molar-refractivity contribution in [2.45, 2.75) is 20.8 Å². The number of carbonyl (C=O) groups excluding carboxylic acids is 1. The molecule has 0 unspecified atom stereocenters. The molecule has 0 saturated heterocycles.